The number of phenolic OH excluding ortho intramolecular Hbond substituents is 1. The molecule has 3 heteroatoms. The Balaban J connectivity index is 2.09. The van der Waals surface area contributed by atoms with E-state index in [1.54, 1.807) is 13.2 Å². The van der Waals surface area contributed by atoms with Gasteiger partial charge in [-0.2, -0.15) is 0 Å². The van der Waals surface area contributed by atoms with E-state index in [9.17, 15) is 5.11 Å². The predicted octanol–water partition coefficient (Wildman–Crippen LogP) is 5.63. The first-order valence-electron chi connectivity index (χ1n) is 8.02. The molecule has 0 aliphatic heterocycles. The van der Waals surface area contributed by atoms with Crippen LogP contribution in [0.3, 0.4) is 0 Å². The predicted molar refractivity (Wildman–Crippen MR) is 97.7 cm³/mol. The van der Waals surface area contributed by atoms with Crippen molar-refractivity contribution in [2.24, 2.45) is 0 Å². The van der Waals surface area contributed by atoms with Gasteiger partial charge in [-0.15, -0.1) is 0 Å². The van der Waals surface area contributed by atoms with Gasteiger partial charge in [0.1, 0.15) is 11.5 Å². The minimum atomic E-state index is 0.188. The van der Waals surface area contributed by atoms with Gasteiger partial charge in [0.25, 0.3) is 0 Å². The zero-order valence-electron chi connectivity index (χ0n) is 14.5. The van der Waals surface area contributed by atoms with E-state index < -0.39 is 0 Å². The molecule has 0 fully saturated rings. The second-order valence-electron chi connectivity index (χ2n) is 6.26. The van der Waals surface area contributed by atoms with E-state index in [-0.39, 0.29) is 5.75 Å². The van der Waals surface area contributed by atoms with E-state index in [0.717, 1.165) is 40.0 Å². The molecule has 3 aromatic rings. The molecule has 0 aliphatic carbocycles. The topological polar surface area (TPSA) is 42.6 Å². The number of hydrogen-bond donors (Lipinski definition) is 1. The number of fused-ring (bicyclic) bond motifs is 1. The number of methoxy groups -OCH3 is 1. The summed E-state index contributed by atoms with van der Waals surface area (Å²) in [6.07, 6.45) is 2.95. The zero-order valence-corrected chi connectivity index (χ0v) is 14.5. The van der Waals surface area contributed by atoms with Crippen molar-refractivity contribution >= 4 is 11.0 Å². The molecule has 1 aromatic heterocycles. The fraction of sp³-hybridized carbons (Fsp3) is 0.238. The average Bonchev–Trinajstić information content (AvgIpc) is 2.91. The zero-order chi connectivity index (χ0) is 17.3. The minimum absolute atomic E-state index is 0.188. The Morgan fingerprint density at radius 2 is 1.88 bits per heavy atom. The largest absolute Gasteiger partial charge is 0.504 e. The lowest BCUT2D eigenvalue weighted by molar-refractivity contribution is 0.415. The summed E-state index contributed by atoms with van der Waals surface area (Å²) in [4.78, 5) is 0. The normalized spacial score (nSPS) is 10.8. The number of hydrogen-bond acceptors (Lipinski definition) is 3. The average molecular weight is 322 g/mol. The number of furan rings is 1. The van der Waals surface area contributed by atoms with E-state index in [2.05, 4.69) is 26.0 Å². The van der Waals surface area contributed by atoms with Crippen LogP contribution in [0, 0.1) is 6.92 Å². The van der Waals surface area contributed by atoms with Gasteiger partial charge in [0, 0.05) is 16.5 Å². The summed E-state index contributed by atoms with van der Waals surface area (Å²) in [5, 5.41) is 11.3. The monoisotopic (exact) mass is 322 g/mol. The summed E-state index contributed by atoms with van der Waals surface area (Å²) in [6, 6.07) is 11.6. The van der Waals surface area contributed by atoms with E-state index in [1.165, 1.54) is 5.57 Å². The Morgan fingerprint density at radius 1 is 1.17 bits per heavy atom. The summed E-state index contributed by atoms with van der Waals surface area (Å²) in [5.74, 6) is 1.77. The Hall–Kier alpha value is -2.68. The fourth-order valence-corrected chi connectivity index (χ4v) is 2.82. The van der Waals surface area contributed by atoms with Crippen LogP contribution >= 0.6 is 0 Å². The first-order chi connectivity index (χ1) is 11.5. The maximum Gasteiger partial charge on any atom is 0.176 e. The third-order valence-electron chi connectivity index (χ3n) is 4.18. The number of aryl methyl sites for hydroxylation is 1. The first-order valence-corrected chi connectivity index (χ1v) is 8.02. The Kier molecular flexibility index (Phi) is 4.34. The van der Waals surface area contributed by atoms with Crippen molar-refractivity contribution in [3.8, 4) is 22.8 Å². The van der Waals surface area contributed by atoms with Gasteiger partial charge in [-0.05, 0) is 69.2 Å². The van der Waals surface area contributed by atoms with E-state index >= 15 is 0 Å². The van der Waals surface area contributed by atoms with Crippen molar-refractivity contribution in [1.82, 2.24) is 0 Å². The summed E-state index contributed by atoms with van der Waals surface area (Å²) < 4.78 is 11.2. The highest BCUT2D eigenvalue weighted by Crippen LogP contribution is 2.38. The smallest absolute Gasteiger partial charge is 0.176 e. The van der Waals surface area contributed by atoms with Crippen molar-refractivity contribution in [2.45, 2.75) is 27.2 Å². The van der Waals surface area contributed by atoms with Crippen molar-refractivity contribution in [3.05, 3.63) is 59.2 Å². The molecule has 0 saturated carbocycles. The first kappa shape index (κ1) is 16.2. The number of aromatic hydroxyl groups is 1. The summed E-state index contributed by atoms with van der Waals surface area (Å²) in [7, 11) is 1.65. The van der Waals surface area contributed by atoms with Gasteiger partial charge in [-0.25, -0.2) is 0 Å². The molecule has 0 bridgehead atoms. The summed E-state index contributed by atoms with van der Waals surface area (Å²) >= 11 is 0. The maximum absolute atomic E-state index is 10.3. The van der Waals surface area contributed by atoms with Crippen LogP contribution in [0.15, 0.2) is 52.5 Å². The summed E-state index contributed by atoms with van der Waals surface area (Å²) in [5.41, 5.74) is 4.88. The molecule has 0 aliphatic rings. The molecule has 0 atom stereocenters. The molecule has 3 rings (SSSR count). The van der Waals surface area contributed by atoms with Crippen LogP contribution in [0.25, 0.3) is 22.3 Å². The molecule has 24 heavy (non-hydrogen) atoms. The van der Waals surface area contributed by atoms with Crippen LogP contribution in [0.1, 0.15) is 25.0 Å². The molecule has 0 spiro atoms. The molecule has 2 aromatic carbocycles. The van der Waals surface area contributed by atoms with Crippen LogP contribution in [0.5, 0.6) is 11.5 Å². The standard InChI is InChI=1S/C21H22O3/c1-13(2)5-6-15-11-18-14(3)20(24-21(18)19(22)12-15)16-7-9-17(23-4)10-8-16/h5,7-12,22H,6H2,1-4H3. The van der Waals surface area contributed by atoms with Gasteiger partial charge in [0.2, 0.25) is 0 Å². The van der Waals surface area contributed by atoms with Crippen molar-refractivity contribution in [1.29, 1.82) is 0 Å². The lowest BCUT2D eigenvalue weighted by Gasteiger charge is -2.01. The second-order valence-corrected chi connectivity index (χ2v) is 6.26. The number of rotatable bonds is 4. The van der Waals surface area contributed by atoms with Gasteiger partial charge in [-0.1, -0.05) is 11.6 Å². The molecule has 1 N–H and O–H groups in total. The van der Waals surface area contributed by atoms with Crippen molar-refractivity contribution in [2.75, 3.05) is 7.11 Å². The highest BCUT2D eigenvalue weighted by Gasteiger charge is 2.16. The molecule has 0 unspecified atom stereocenters. The SMILES string of the molecule is COc1ccc(-c2oc3c(O)cc(CC=C(C)C)cc3c2C)cc1. The third-order valence-corrected chi connectivity index (χ3v) is 4.18. The second kappa shape index (κ2) is 6.44. The highest BCUT2D eigenvalue weighted by molar-refractivity contribution is 5.92. The lowest BCUT2D eigenvalue weighted by Crippen LogP contribution is -1.84. The molecule has 0 saturated heterocycles. The van der Waals surface area contributed by atoms with E-state index in [4.69, 9.17) is 9.15 Å². The van der Waals surface area contributed by atoms with Gasteiger partial charge in [0.05, 0.1) is 7.11 Å². The third kappa shape index (κ3) is 3.02. The van der Waals surface area contributed by atoms with Gasteiger partial charge in [0.15, 0.2) is 11.3 Å². The number of allylic oxidation sites excluding steroid dienone is 2. The van der Waals surface area contributed by atoms with Gasteiger partial charge < -0.3 is 14.3 Å². The van der Waals surface area contributed by atoms with Crippen LogP contribution < -0.4 is 4.74 Å². The Labute approximate surface area is 142 Å². The molecule has 1 heterocycles. The molecule has 3 nitrogen and oxygen atoms in total. The molecule has 0 radical (unpaired) electrons. The van der Waals surface area contributed by atoms with E-state index in [1.807, 2.05) is 31.2 Å². The Bertz CT molecular complexity index is 895. The number of benzene rings is 2. The Morgan fingerprint density at radius 3 is 2.50 bits per heavy atom. The van der Waals surface area contributed by atoms with Crippen LogP contribution in [-0.2, 0) is 6.42 Å². The number of phenols is 1. The molecular weight excluding hydrogens is 300 g/mol. The fourth-order valence-electron chi connectivity index (χ4n) is 2.82. The van der Waals surface area contributed by atoms with Gasteiger partial charge >= 0.3 is 0 Å². The quantitative estimate of drug-likeness (QED) is 0.633. The minimum Gasteiger partial charge on any atom is -0.504 e. The van der Waals surface area contributed by atoms with Crippen molar-refractivity contribution < 1.29 is 14.3 Å². The van der Waals surface area contributed by atoms with Crippen LogP contribution in [0.2, 0.25) is 0 Å². The molecular formula is C21H22O3. The lowest BCUT2D eigenvalue weighted by atomic mass is 10.0. The van der Waals surface area contributed by atoms with Gasteiger partial charge in [-0.3, -0.25) is 0 Å². The summed E-state index contributed by atoms with van der Waals surface area (Å²) in [6.45, 7) is 6.17. The van der Waals surface area contributed by atoms with E-state index in [0.29, 0.717) is 5.58 Å². The maximum atomic E-state index is 10.3. The number of ether oxygens (including phenoxy) is 1. The highest BCUT2D eigenvalue weighted by atomic mass is 16.5. The van der Waals surface area contributed by atoms with Crippen molar-refractivity contribution in [3.63, 3.8) is 0 Å². The van der Waals surface area contributed by atoms with Crippen LogP contribution in [0.4, 0.5) is 0 Å². The van der Waals surface area contributed by atoms with Crippen LogP contribution in [-0.4, -0.2) is 12.2 Å². The molecule has 124 valence electrons. The molecule has 0 amide bonds.